The third kappa shape index (κ3) is 4.76. The van der Waals surface area contributed by atoms with Crippen LogP contribution in [-0.4, -0.2) is 60.5 Å². The standard InChI is InChI=1S/C19H26N4O5S/c1-19(11-8-14-6-4-3-5-7-14)17(25)23(18(26)20-19)21-16(24)15-9-12-22(13-10-15)29(2,27)28/h3-7,15H,8-13H2,1-2H3,(H,20,26)(H,21,24). The molecule has 10 heteroatoms. The number of hydrogen-bond acceptors (Lipinski definition) is 5. The van der Waals surface area contributed by atoms with E-state index in [1.807, 2.05) is 30.3 Å². The Bertz CT molecular complexity index is 896. The number of carbonyl (C=O) groups excluding carboxylic acids is 3. The molecule has 158 valence electrons. The van der Waals surface area contributed by atoms with E-state index < -0.39 is 39.3 Å². The van der Waals surface area contributed by atoms with Gasteiger partial charge in [-0.05, 0) is 38.2 Å². The van der Waals surface area contributed by atoms with Crippen molar-refractivity contribution >= 4 is 27.9 Å². The molecule has 1 aromatic carbocycles. The number of imide groups is 1. The second-order valence-electron chi connectivity index (χ2n) is 7.80. The number of nitrogens with one attached hydrogen (secondary N) is 2. The zero-order chi connectivity index (χ0) is 21.2. The second-order valence-corrected chi connectivity index (χ2v) is 9.78. The molecule has 2 fully saturated rings. The average Bonchev–Trinajstić information content (AvgIpc) is 2.90. The Labute approximate surface area is 170 Å². The Morgan fingerprint density at radius 3 is 2.41 bits per heavy atom. The highest BCUT2D eigenvalue weighted by Crippen LogP contribution is 2.24. The highest BCUT2D eigenvalue weighted by molar-refractivity contribution is 7.88. The topological polar surface area (TPSA) is 116 Å². The van der Waals surface area contributed by atoms with Gasteiger partial charge in [0.05, 0.1) is 6.26 Å². The lowest BCUT2D eigenvalue weighted by Gasteiger charge is -2.30. The van der Waals surface area contributed by atoms with Crippen LogP contribution in [-0.2, 0) is 26.0 Å². The molecule has 9 nitrogen and oxygen atoms in total. The van der Waals surface area contributed by atoms with Gasteiger partial charge in [0.1, 0.15) is 5.54 Å². The predicted molar refractivity (Wildman–Crippen MR) is 106 cm³/mol. The van der Waals surface area contributed by atoms with Crippen LogP contribution in [0.25, 0.3) is 0 Å². The lowest BCUT2D eigenvalue weighted by molar-refractivity contribution is -0.141. The van der Waals surface area contributed by atoms with E-state index in [0.717, 1.165) is 16.8 Å². The number of hydrogen-bond donors (Lipinski definition) is 2. The van der Waals surface area contributed by atoms with Crippen LogP contribution < -0.4 is 10.7 Å². The monoisotopic (exact) mass is 422 g/mol. The third-order valence-electron chi connectivity index (χ3n) is 5.53. The Balaban J connectivity index is 1.58. The molecular formula is C19H26N4O5S. The molecule has 0 bridgehead atoms. The molecule has 0 saturated carbocycles. The summed E-state index contributed by atoms with van der Waals surface area (Å²) in [5, 5.41) is 3.42. The minimum absolute atomic E-state index is 0.242. The Kier molecular flexibility index (Phi) is 5.95. The van der Waals surface area contributed by atoms with E-state index in [4.69, 9.17) is 0 Å². The quantitative estimate of drug-likeness (QED) is 0.653. The van der Waals surface area contributed by atoms with Crippen molar-refractivity contribution in [3.8, 4) is 0 Å². The van der Waals surface area contributed by atoms with Crippen LogP contribution in [0.3, 0.4) is 0 Å². The molecule has 2 saturated heterocycles. The van der Waals surface area contributed by atoms with Crippen molar-refractivity contribution < 1.29 is 22.8 Å². The maximum Gasteiger partial charge on any atom is 0.344 e. The van der Waals surface area contributed by atoms with Crippen LogP contribution in [0.2, 0.25) is 0 Å². The summed E-state index contributed by atoms with van der Waals surface area (Å²) >= 11 is 0. The number of urea groups is 1. The zero-order valence-electron chi connectivity index (χ0n) is 16.6. The van der Waals surface area contributed by atoms with Gasteiger partial charge in [-0.3, -0.25) is 15.0 Å². The molecule has 2 aliphatic heterocycles. The molecule has 4 amide bonds. The normalized spacial score (nSPS) is 23.9. The van der Waals surface area contributed by atoms with E-state index in [-0.39, 0.29) is 13.1 Å². The molecule has 1 atom stereocenters. The highest BCUT2D eigenvalue weighted by Gasteiger charge is 2.48. The van der Waals surface area contributed by atoms with Gasteiger partial charge in [-0.25, -0.2) is 17.5 Å². The number of amides is 4. The summed E-state index contributed by atoms with van der Waals surface area (Å²) in [6, 6.07) is 8.97. The van der Waals surface area contributed by atoms with Crippen molar-refractivity contribution in [2.75, 3.05) is 19.3 Å². The number of benzene rings is 1. The fourth-order valence-corrected chi connectivity index (χ4v) is 4.52. The lowest BCUT2D eigenvalue weighted by Crippen LogP contribution is -2.52. The number of nitrogens with zero attached hydrogens (tertiary/aromatic N) is 2. The van der Waals surface area contributed by atoms with Crippen molar-refractivity contribution in [3.05, 3.63) is 35.9 Å². The molecule has 0 aromatic heterocycles. The van der Waals surface area contributed by atoms with Crippen LogP contribution in [0.1, 0.15) is 31.7 Å². The fraction of sp³-hybridized carbons (Fsp3) is 0.526. The van der Waals surface area contributed by atoms with Crippen LogP contribution in [0.5, 0.6) is 0 Å². The Morgan fingerprint density at radius 2 is 1.83 bits per heavy atom. The van der Waals surface area contributed by atoms with Gasteiger partial charge in [-0.1, -0.05) is 30.3 Å². The largest absolute Gasteiger partial charge is 0.344 e. The van der Waals surface area contributed by atoms with Crippen LogP contribution in [0, 0.1) is 5.92 Å². The van der Waals surface area contributed by atoms with E-state index in [1.54, 1.807) is 6.92 Å². The predicted octanol–water partition coefficient (Wildman–Crippen LogP) is 0.633. The number of carbonyl (C=O) groups is 3. The Hall–Kier alpha value is -2.46. The summed E-state index contributed by atoms with van der Waals surface area (Å²) in [7, 11) is -3.29. The van der Waals surface area contributed by atoms with Gasteiger partial charge >= 0.3 is 6.03 Å². The first-order valence-electron chi connectivity index (χ1n) is 9.56. The minimum atomic E-state index is -3.29. The first kappa shape index (κ1) is 21.3. The molecule has 2 aliphatic rings. The smallest absolute Gasteiger partial charge is 0.322 e. The van der Waals surface area contributed by atoms with E-state index >= 15 is 0 Å². The van der Waals surface area contributed by atoms with E-state index in [1.165, 1.54) is 4.31 Å². The van der Waals surface area contributed by atoms with Crippen molar-refractivity contribution in [3.63, 3.8) is 0 Å². The zero-order valence-corrected chi connectivity index (χ0v) is 17.4. The van der Waals surface area contributed by atoms with Gasteiger partial charge in [-0.2, -0.15) is 5.01 Å². The van der Waals surface area contributed by atoms with Crippen LogP contribution >= 0.6 is 0 Å². The number of rotatable bonds is 6. The minimum Gasteiger partial charge on any atom is -0.322 e. The number of piperidine rings is 1. The summed E-state index contributed by atoms with van der Waals surface area (Å²) in [4.78, 5) is 37.6. The van der Waals surface area contributed by atoms with Gasteiger partial charge < -0.3 is 5.32 Å². The van der Waals surface area contributed by atoms with Crippen molar-refractivity contribution in [2.45, 2.75) is 38.1 Å². The van der Waals surface area contributed by atoms with E-state index in [2.05, 4.69) is 10.7 Å². The van der Waals surface area contributed by atoms with Crippen molar-refractivity contribution in [1.82, 2.24) is 20.1 Å². The molecule has 3 rings (SSSR count). The molecule has 2 heterocycles. The number of aryl methyl sites for hydroxylation is 1. The molecule has 2 N–H and O–H groups in total. The first-order valence-corrected chi connectivity index (χ1v) is 11.4. The highest BCUT2D eigenvalue weighted by atomic mass is 32.2. The molecule has 0 aliphatic carbocycles. The average molecular weight is 423 g/mol. The molecule has 29 heavy (non-hydrogen) atoms. The van der Waals surface area contributed by atoms with Gasteiger partial charge in [0, 0.05) is 19.0 Å². The summed E-state index contributed by atoms with van der Waals surface area (Å²) in [6.45, 7) is 2.13. The van der Waals surface area contributed by atoms with Gasteiger partial charge in [0.15, 0.2) is 0 Å². The SMILES string of the molecule is CC1(CCc2ccccc2)NC(=O)N(NC(=O)C2CCN(S(C)(=O)=O)CC2)C1=O. The van der Waals surface area contributed by atoms with Gasteiger partial charge in [0.25, 0.3) is 5.91 Å². The molecule has 0 spiro atoms. The fourth-order valence-electron chi connectivity index (χ4n) is 3.65. The van der Waals surface area contributed by atoms with Crippen molar-refractivity contribution in [2.24, 2.45) is 5.92 Å². The first-order chi connectivity index (χ1) is 13.6. The van der Waals surface area contributed by atoms with E-state index in [9.17, 15) is 22.8 Å². The molecular weight excluding hydrogens is 396 g/mol. The summed E-state index contributed by atoms with van der Waals surface area (Å²) in [5.74, 6) is -1.40. The Morgan fingerprint density at radius 1 is 1.21 bits per heavy atom. The van der Waals surface area contributed by atoms with Gasteiger partial charge in [0.2, 0.25) is 15.9 Å². The van der Waals surface area contributed by atoms with Crippen LogP contribution in [0.4, 0.5) is 4.79 Å². The number of hydrazine groups is 1. The molecule has 1 unspecified atom stereocenters. The van der Waals surface area contributed by atoms with Crippen LogP contribution in [0.15, 0.2) is 30.3 Å². The maximum atomic E-state index is 12.8. The summed E-state index contributed by atoms with van der Waals surface area (Å²) < 4.78 is 24.5. The lowest BCUT2D eigenvalue weighted by atomic mass is 9.93. The third-order valence-corrected chi connectivity index (χ3v) is 6.84. The van der Waals surface area contributed by atoms with Gasteiger partial charge in [-0.15, -0.1) is 0 Å². The summed E-state index contributed by atoms with van der Waals surface area (Å²) in [5.41, 5.74) is 2.37. The second kappa shape index (κ2) is 8.11. The maximum absolute atomic E-state index is 12.8. The van der Waals surface area contributed by atoms with Crippen molar-refractivity contribution in [1.29, 1.82) is 0 Å². The molecule has 1 aromatic rings. The summed E-state index contributed by atoms with van der Waals surface area (Å²) in [6.07, 6.45) is 2.83. The van der Waals surface area contributed by atoms with E-state index in [0.29, 0.717) is 25.7 Å². The number of sulfonamides is 1. The molecule has 0 radical (unpaired) electrons.